The standard InChI is InChI=1S/C19H19FN4O3/c1-9-23-15-4-2-3-14-16(12(8-22-14)19(26)27)17(15)24(9)10-5-6-11(18(21)25)13(20)7-10/h5-9,22-23H,2-4H2,1H3,(H2,21,25)(H,26,27). The Bertz CT molecular complexity index is 995. The maximum absolute atomic E-state index is 14.4. The minimum Gasteiger partial charge on any atom is -0.478 e. The number of primary amides is 1. The van der Waals surface area contributed by atoms with Gasteiger partial charge in [-0.25, -0.2) is 9.18 Å². The molecule has 2 aromatic rings. The number of aryl methyl sites for hydroxylation is 1. The number of carboxylic acids is 1. The lowest BCUT2D eigenvalue weighted by atomic mass is 10.0. The van der Waals surface area contributed by atoms with E-state index in [9.17, 15) is 19.1 Å². The molecular formula is C19H19FN4O3. The number of hydrogen-bond donors (Lipinski definition) is 4. The second-order valence-corrected chi connectivity index (χ2v) is 6.76. The topological polar surface area (TPSA) is 111 Å². The molecule has 0 saturated heterocycles. The number of amides is 1. The smallest absolute Gasteiger partial charge is 0.337 e. The first-order valence-corrected chi connectivity index (χ1v) is 8.70. The summed E-state index contributed by atoms with van der Waals surface area (Å²) in [6.45, 7) is 1.92. The van der Waals surface area contributed by atoms with E-state index in [0.29, 0.717) is 11.3 Å². The van der Waals surface area contributed by atoms with E-state index in [-0.39, 0.29) is 17.3 Å². The van der Waals surface area contributed by atoms with E-state index in [2.05, 4.69) is 10.3 Å². The number of aromatic carboxylic acids is 1. The number of nitrogens with two attached hydrogens (primary N) is 1. The van der Waals surface area contributed by atoms with Crippen LogP contribution >= 0.6 is 0 Å². The Balaban J connectivity index is 1.88. The maximum atomic E-state index is 14.4. The highest BCUT2D eigenvalue weighted by Crippen LogP contribution is 2.41. The molecule has 7 nitrogen and oxygen atoms in total. The SMILES string of the molecule is CC1NC2=C(c3c(C(=O)O)c[nH]c3CCC2)N1c1ccc(C(N)=O)c(F)c1. The summed E-state index contributed by atoms with van der Waals surface area (Å²) in [6.07, 6.45) is 3.67. The van der Waals surface area contributed by atoms with Gasteiger partial charge in [-0.15, -0.1) is 0 Å². The zero-order valence-electron chi connectivity index (χ0n) is 14.7. The predicted octanol–water partition coefficient (Wildman–Crippen LogP) is 2.41. The van der Waals surface area contributed by atoms with Crippen molar-refractivity contribution in [1.82, 2.24) is 10.3 Å². The molecular weight excluding hydrogens is 351 g/mol. The van der Waals surface area contributed by atoms with E-state index in [1.807, 2.05) is 11.8 Å². The molecule has 1 amide bonds. The minimum absolute atomic E-state index is 0.179. The van der Waals surface area contributed by atoms with Gasteiger partial charge in [0.1, 0.15) is 12.0 Å². The number of aromatic amines is 1. The summed E-state index contributed by atoms with van der Waals surface area (Å²) < 4.78 is 14.4. The van der Waals surface area contributed by atoms with Gasteiger partial charge >= 0.3 is 5.97 Å². The van der Waals surface area contributed by atoms with Gasteiger partial charge in [0.15, 0.2) is 0 Å². The molecule has 1 atom stereocenters. The van der Waals surface area contributed by atoms with E-state index in [0.717, 1.165) is 36.4 Å². The van der Waals surface area contributed by atoms with E-state index in [4.69, 9.17) is 5.73 Å². The second kappa shape index (κ2) is 6.15. The van der Waals surface area contributed by atoms with E-state index in [1.165, 1.54) is 18.3 Å². The third-order valence-corrected chi connectivity index (χ3v) is 5.08. The lowest BCUT2D eigenvalue weighted by Crippen LogP contribution is -2.35. The normalized spacial score (nSPS) is 18.6. The Morgan fingerprint density at radius 2 is 2.07 bits per heavy atom. The number of halogens is 1. The number of nitrogens with one attached hydrogen (secondary N) is 2. The van der Waals surface area contributed by atoms with E-state index in [1.54, 1.807) is 6.07 Å². The monoisotopic (exact) mass is 370 g/mol. The van der Waals surface area contributed by atoms with Crippen LogP contribution in [0.3, 0.4) is 0 Å². The second-order valence-electron chi connectivity index (χ2n) is 6.76. The average molecular weight is 370 g/mol. The Hall–Kier alpha value is -3.29. The van der Waals surface area contributed by atoms with Crippen LogP contribution in [0.5, 0.6) is 0 Å². The molecule has 0 saturated carbocycles. The summed E-state index contributed by atoms with van der Waals surface area (Å²) >= 11 is 0. The molecule has 1 unspecified atom stereocenters. The zero-order chi connectivity index (χ0) is 19.3. The highest BCUT2D eigenvalue weighted by Gasteiger charge is 2.36. The van der Waals surface area contributed by atoms with Crippen LogP contribution in [0.4, 0.5) is 10.1 Å². The fourth-order valence-corrected chi connectivity index (χ4v) is 3.94. The van der Waals surface area contributed by atoms with Crippen LogP contribution in [-0.2, 0) is 6.42 Å². The molecule has 0 radical (unpaired) electrons. The van der Waals surface area contributed by atoms with Crippen LogP contribution in [0, 0.1) is 5.82 Å². The first kappa shape index (κ1) is 17.1. The van der Waals surface area contributed by atoms with Crippen molar-refractivity contribution in [3.05, 3.63) is 58.3 Å². The van der Waals surface area contributed by atoms with Crippen LogP contribution in [0.15, 0.2) is 30.1 Å². The van der Waals surface area contributed by atoms with Crippen molar-refractivity contribution in [1.29, 1.82) is 0 Å². The van der Waals surface area contributed by atoms with Crippen LogP contribution < -0.4 is 16.0 Å². The van der Waals surface area contributed by atoms with Crippen molar-refractivity contribution in [2.45, 2.75) is 32.4 Å². The van der Waals surface area contributed by atoms with Crippen molar-refractivity contribution < 1.29 is 19.1 Å². The number of carboxylic acid groups (broad SMARTS) is 1. The number of allylic oxidation sites excluding steroid dienone is 1. The summed E-state index contributed by atoms with van der Waals surface area (Å²) in [5.41, 5.74) is 8.88. The molecule has 27 heavy (non-hydrogen) atoms. The summed E-state index contributed by atoms with van der Waals surface area (Å²) in [6, 6.07) is 4.23. The third-order valence-electron chi connectivity index (χ3n) is 5.08. The molecule has 1 aliphatic carbocycles. The summed E-state index contributed by atoms with van der Waals surface area (Å²) in [5.74, 6) is -2.55. The van der Waals surface area contributed by atoms with Gasteiger partial charge in [-0.2, -0.15) is 0 Å². The van der Waals surface area contributed by atoms with Crippen molar-refractivity contribution in [2.75, 3.05) is 4.90 Å². The molecule has 1 aromatic heterocycles. The molecule has 8 heteroatoms. The number of fused-ring (bicyclic) bond motifs is 2. The maximum Gasteiger partial charge on any atom is 0.337 e. The number of hydrogen-bond acceptors (Lipinski definition) is 4. The van der Waals surface area contributed by atoms with Crippen molar-refractivity contribution in [3.63, 3.8) is 0 Å². The largest absolute Gasteiger partial charge is 0.478 e. The summed E-state index contributed by atoms with van der Waals surface area (Å²) in [7, 11) is 0. The third kappa shape index (κ3) is 2.64. The number of carbonyl (C=O) groups excluding carboxylic acids is 1. The van der Waals surface area contributed by atoms with Crippen molar-refractivity contribution >= 4 is 23.3 Å². The lowest BCUT2D eigenvalue weighted by molar-refractivity contribution is 0.0696. The summed E-state index contributed by atoms with van der Waals surface area (Å²) in [5, 5.41) is 13.0. The van der Waals surface area contributed by atoms with Gasteiger partial charge < -0.3 is 26.0 Å². The fourth-order valence-electron chi connectivity index (χ4n) is 3.94. The highest BCUT2D eigenvalue weighted by molar-refractivity contribution is 5.99. The molecule has 4 rings (SSSR count). The van der Waals surface area contributed by atoms with Crippen LogP contribution in [0.1, 0.15) is 51.7 Å². The Labute approximate surface area is 154 Å². The van der Waals surface area contributed by atoms with Crippen LogP contribution in [-0.4, -0.2) is 28.1 Å². The molecule has 0 bridgehead atoms. The highest BCUT2D eigenvalue weighted by atomic mass is 19.1. The minimum atomic E-state index is -1.02. The zero-order valence-corrected chi connectivity index (χ0v) is 14.7. The lowest BCUT2D eigenvalue weighted by Gasteiger charge is -2.27. The average Bonchev–Trinajstić information content (AvgIpc) is 3.10. The number of aromatic nitrogens is 1. The fraction of sp³-hybridized carbons (Fsp3) is 0.263. The van der Waals surface area contributed by atoms with Gasteiger partial charge in [-0.3, -0.25) is 4.79 Å². The van der Waals surface area contributed by atoms with Gasteiger partial charge in [0.2, 0.25) is 0 Å². The van der Waals surface area contributed by atoms with Crippen LogP contribution in [0.25, 0.3) is 5.70 Å². The Kier molecular flexibility index (Phi) is 3.91. The molecule has 1 aliphatic heterocycles. The van der Waals surface area contributed by atoms with Crippen molar-refractivity contribution in [2.24, 2.45) is 5.73 Å². The first-order valence-electron chi connectivity index (χ1n) is 8.70. The number of nitrogens with zero attached hydrogens (tertiary/aromatic N) is 1. The van der Waals surface area contributed by atoms with Gasteiger partial charge in [0.25, 0.3) is 5.91 Å². The number of benzene rings is 1. The van der Waals surface area contributed by atoms with E-state index >= 15 is 0 Å². The van der Waals surface area contributed by atoms with Gasteiger partial charge in [-0.05, 0) is 44.4 Å². The summed E-state index contributed by atoms with van der Waals surface area (Å²) in [4.78, 5) is 28.0. The van der Waals surface area contributed by atoms with Gasteiger partial charge in [0.05, 0.1) is 16.8 Å². The number of H-pyrrole nitrogens is 1. The number of anilines is 1. The first-order chi connectivity index (χ1) is 12.9. The predicted molar refractivity (Wildman–Crippen MR) is 97.6 cm³/mol. The molecule has 2 aliphatic rings. The molecule has 5 N–H and O–H groups in total. The molecule has 2 heterocycles. The van der Waals surface area contributed by atoms with Gasteiger partial charge in [0, 0.05) is 28.8 Å². The number of carbonyl (C=O) groups is 2. The quantitative estimate of drug-likeness (QED) is 0.663. The molecule has 0 fully saturated rings. The Morgan fingerprint density at radius 3 is 2.74 bits per heavy atom. The Morgan fingerprint density at radius 1 is 1.30 bits per heavy atom. The van der Waals surface area contributed by atoms with Gasteiger partial charge in [-0.1, -0.05) is 0 Å². The molecule has 1 aromatic carbocycles. The molecule has 140 valence electrons. The number of rotatable bonds is 3. The van der Waals surface area contributed by atoms with Crippen LogP contribution in [0.2, 0.25) is 0 Å². The van der Waals surface area contributed by atoms with E-state index < -0.39 is 17.7 Å². The van der Waals surface area contributed by atoms with Crippen molar-refractivity contribution in [3.8, 4) is 0 Å². The molecule has 0 spiro atoms.